The minimum Gasteiger partial charge on any atom is -0.491 e. The van der Waals surface area contributed by atoms with Crippen LogP contribution in [0.3, 0.4) is 0 Å². The molecule has 0 radical (unpaired) electrons. The second-order valence-electron chi connectivity index (χ2n) is 2.74. The molecule has 1 nitrogen and oxygen atoms in total. The molecule has 0 aliphatic carbocycles. The van der Waals surface area contributed by atoms with Gasteiger partial charge in [-0.3, -0.25) is 0 Å². The van der Waals surface area contributed by atoms with Crippen molar-refractivity contribution in [3.63, 3.8) is 0 Å². The smallest absolute Gasteiger partial charge is 0.119 e. The Balaban J connectivity index is 2.66. The van der Waals surface area contributed by atoms with Gasteiger partial charge in [-0.2, -0.15) is 0 Å². The van der Waals surface area contributed by atoms with E-state index in [2.05, 4.69) is 9.24 Å². The summed E-state index contributed by atoms with van der Waals surface area (Å²) in [4.78, 5) is 0. The Morgan fingerprint density at radius 2 is 1.73 bits per heavy atom. The zero-order chi connectivity index (χ0) is 8.27. The maximum atomic E-state index is 5.46. The quantitative estimate of drug-likeness (QED) is 0.613. The summed E-state index contributed by atoms with van der Waals surface area (Å²) in [5.74, 6) is 0.936. The standard InChI is InChI=1S/C9H13OP/c1-7(2)10-8-3-5-9(11)6-4-8/h3-7H,11H2,1-2H3. The van der Waals surface area contributed by atoms with Crippen molar-refractivity contribution >= 4 is 14.5 Å². The fourth-order valence-electron chi connectivity index (χ4n) is 0.819. The molecule has 1 aromatic rings. The lowest BCUT2D eigenvalue weighted by atomic mass is 10.3. The molecule has 0 N–H and O–H groups in total. The van der Waals surface area contributed by atoms with Crippen molar-refractivity contribution < 1.29 is 4.74 Å². The average molecular weight is 168 g/mol. The number of ether oxygens (including phenoxy) is 1. The van der Waals surface area contributed by atoms with E-state index in [1.807, 2.05) is 38.1 Å². The van der Waals surface area contributed by atoms with Crippen LogP contribution in [0.4, 0.5) is 0 Å². The third-order valence-corrected chi connectivity index (χ3v) is 1.64. The van der Waals surface area contributed by atoms with Crippen molar-refractivity contribution in [1.29, 1.82) is 0 Å². The highest BCUT2D eigenvalue weighted by Gasteiger charge is 1.94. The van der Waals surface area contributed by atoms with Crippen molar-refractivity contribution in [3.05, 3.63) is 24.3 Å². The zero-order valence-corrected chi connectivity index (χ0v) is 8.03. The Hall–Kier alpha value is -0.550. The molecule has 0 aromatic heterocycles. The van der Waals surface area contributed by atoms with E-state index in [4.69, 9.17) is 4.74 Å². The van der Waals surface area contributed by atoms with Crippen molar-refractivity contribution in [3.8, 4) is 5.75 Å². The summed E-state index contributed by atoms with van der Waals surface area (Å²) >= 11 is 0. The first-order valence-corrected chi connectivity index (χ1v) is 4.28. The van der Waals surface area contributed by atoms with Gasteiger partial charge in [0.2, 0.25) is 0 Å². The predicted octanol–water partition coefficient (Wildman–Crippen LogP) is 1.97. The van der Waals surface area contributed by atoms with Crippen molar-refractivity contribution in [2.75, 3.05) is 0 Å². The van der Waals surface area contributed by atoms with E-state index in [9.17, 15) is 0 Å². The Bertz CT molecular complexity index is 216. The molecule has 0 aliphatic heterocycles. The molecule has 1 rings (SSSR count). The lowest BCUT2D eigenvalue weighted by Gasteiger charge is -2.08. The van der Waals surface area contributed by atoms with E-state index in [1.54, 1.807) is 0 Å². The molecule has 0 saturated heterocycles. The number of hydrogen-bond donors (Lipinski definition) is 0. The fraction of sp³-hybridized carbons (Fsp3) is 0.333. The largest absolute Gasteiger partial charge is 0.491 e. The molecule has 0 spiro atoms. The Labute approximate surface area is 70.0 Å². The van der Waals surface area contributed by atoms with Crippen LogP contribution in [-0.4, -0.2) is 6.10 Å². The molecular weight excluding hydrogens is 155 g/mol. The minimum absolute atomic E-state index is 0.255. The first-order chi connectivity index (χ1) is 5.18. The van der Waals surface area contributed by atoms with Crippen LogP contribution in [0, 0.1) is 0 Å². The van der Waals surface area contributed by atoms with Crippen LogP contribution in [0.2, 0.25) is 0 Å². The summed E-state index contributed by atoms with van der Waals surface area (Å²) in [6.45, 7) is 4.04. The molecule has 0 amide bonds. The van der Waals surface area contributed by atoms with Gasteiger partial charge in [-0.1, -0.05) is 12.1 Å². The van der Waals surface area contributed by atoms with Gasteiger partial charge in [0.1, 0.15) is 5.75 Å². The molecule has 0 fully saturated rings. The molecule has 0 heterocycles. The highest BCUT2D eigenvalue weighted by Crippen LogP contribution is 2.10. The van der Waals surface area contributed by atoms with Crippen molar-refractivity contribution in [2.24, 2.45) is 0 Å². The number of hydrogen-bond acceptors (Lipinski definition) is 1. The summed E-state index contributed by atoms with van der Waals surface area (Å²) in [5.41, 5.74) is 0. The molecular formula is C9H13OP. The van der Waals surface area contributed by atoms with Crippen LogP contribution in [0.1, 0.15) is 13.8 Å². The average Bonchev–Trinajstić information content (AvgIpc) is 1.93. The minimum atomic E-state index is 0.255. The van der Waals surface area contributed by atoms with Crippen molar-refractivity contribution in [1.82, 2.24) is 0 Å². The zero-order valence-electron chi connectivity index (χ0n) is 6.87. The summed E-state index contributed by atoms with van der Waals surface area (Å²) in [5, 5.41) is 1.18. The maximum absolute atomic E-state index is 5.46. The van der Waals surface area contributed by atoms with Crippen LogP contribution in [-0.2, 0) is 0 Å². The van der Waals surface area contributed by atoms with Crippen molar-refractivity contribution in [2.45, 2.75) is 20.0 Å². The first-order valence-electron chi connectivity index (χ1n) is 3.70. The Morgan fingerprint density at radius 1 is 1.18 bits per heavy atom. The summed E-state index contributed by atoms with van der Waals surface area (Å²) in [6, 6.07) is 7.98. The molecule has 1 unspecified atom stereocenters. The lowest BCUT2D eigenvalue weighted by Crippen LogP contribution is -2.05. The Morgan fingerprint density at radius 3 is 2.18 bits per heavy atom. The lowest BCUT2D eigenvalue weighted by molar-refractivity contribution is 0.242. The normalized spacial score (nSPS) is 10.2. The monoisotopic (exact) mass is 168 g/mol. The van der Waals surface area contributed by atoms with Gasteiger partial charge in [-0.15, -0.1) is 9.24 Å². The van der Waals surface area contributed by atoms with Gasteiger partial charge in [-0.25, -0.2) is 0 Å². The van der Waals surface area contributed by atoms with Gasteiger partial charge in [0, 0.05) is 0 Å². The Kier molecular flexibility index (Phi) is 2.90. The first kappa shape index (κ1) is 8.55. The molecule has 1 atom stereocenters. The van der Waals surface area contributed by atoms with Gasteiger partial charge < -0.3 is 4.74 Å². The second kappa shape index (κ2) is 3.73. The van der Waals surface area contributed by atoms with Gasteiger partial charge in [0.25, 0.3) is 0 Å². The fourth-order valence-corrected chi connectivity index (χ4v) is 1.01. The summed E-state index contributed by atoms with van der Waals surface area (Å²) < 4.78 is 5.46. The van der Waals surface area contributed by atoms with E-state index in [1.165, 1.54) is 5.30 Å². The van der Waals surface area contributed by atoms with Gasteiger partial charge in [0.05, 0.1) is 6.10 Å². The highest BCUT2D eigenvalue weighted by atomic mass is 31.0. The van der Waals surface area contributed by atoms with Crippen LogP contribution >= 0.6 is 9.24 Å². The molecule has 11 heavy (non-hydrogen) atoms. The van der Waals surface area contributed by atoms with Crippen LogP contribution < -0.4 is 10.0 Å². The van der Waals surface area contributed by atoms with Gasteiger partial charge in [-0.05, 0) is 31.3 Å². The second-order valence-corrected chi connectivity index (χ2v) is 3.40. The number of benzene rings is 1. The van der Waals surface area contributed by atoms with Crippen LogP contribution in [0.25, 0.3) is 0 Å². The molecule has 0 aliphatic rings. The van der Waals surface area contributed by atoms with Gasteiger partial charge in [0.15, 0.2) is 0 Å². The van der Waals surface area contributed by atoms with Crippen LogP contribution in [0.15, 0.2) is 24.3 Å². The molecule has 0 saturated carbocycles. The van der Waals surface area contributed by atoms with E-state index in [-0.39, 0.29) is 6.10 Å². The van der Waals surface area contributed by atoms with E-state index in [0.717, 1.165) is 5.75 Å². The molecule has 0 bridgehead atoms. The topological polar surface area (TPSA) is 9.23 Å². The third kappa shape index (κ3) is 2.90. The third-order valence-electron chi connectivity index (χ3n) is 1.25. The summed E-state index contributed by atoms with van der Waals surface area (Å²) in [7, 11) is 2.64. The van der Waals surface area contributed by atoms with Gasteiger partial charge >= 0.3 is 0 Å². The van der Waals surface area contributed by atoms with Crippen LogP contribution in [0.5, 0.6) is 5.75 Å². The molecule has 1 aromatic carbocycles. The highest BCUT2D eigenvalue weighted by molar-refractivity contribution is 7.27. The van der Waals surface area contributed by atoms with E-state index >= 15 is 0 Å². The summed E-state index contributed by atoms with van der Waals surface area (Å²) in [6.07, 6.45) is 0.255. The molecule has 60 valence electrons. The predicted molar refractivity (Wildman–Crippen MR) is 51.6 cm³/mol. The number of rotatable bonds is 2. The maximum Gasteiger partial charge on any atom is 0.119 e. The van der Waals surface area contributed by atoms with E-state index in [0.29, 0.717) is 0 Å². The van der Waals surface area contributed by atoms with E-state index < -0.39 is 0 Å². The SMILES string of the molecule is CC(C)Oc1ccc(P)cc1. The molecule has 2 heteroatoms.